The molecular weight excluding hydrogens is 1100 g/mol. The van der Waals surface area contributed by atoms with Crippen LogP contribution in [0, 0.1) is 0 Å². The quantitative estimate of drug-likeness (QED) is 0.0843. The van der Waals surface area contributed by atoms with Crippen molar-refractivity contribution in [3.63, 3.8) is 0 Å². The number of methoxy groups -OCH3 is 2. The Morgan fingerprint density at radius 2 is 0.961 bits per heavy atom. The Morgan fingerprint density at radius 3 is 1.34 bits per heavy atom. The molecule has 0 saturated heterocycles. The van der Waals surface area contributed by atoms with Crippen LogP contribution in [0.1, 0.15) is 46.0 Å². The number of hydrogen-bond donors (Lipinski definition) is 4. The van der Waals surface area contributed by atoms with Gasteiger partial charge in [0.15, 0.2) is 0 Å². The number of carbonyl (C=O) groups is 6. The molecule has 0 unspecified atom stereocenters. The van der Waals surface area contributed by atoms with Gasteiger partial charge in [-0.1, -0.05) is 86.5 Å². The number of anilines is 4. The molecule has 76 heavy (non-hydrogen) atoms. The van der Waals surface area contributed by atoms with Gasteiger partial charge in [-0.2, -0.15) is 0 Å². The zero-order chi connectivity index (χ0) is 53.9. The van der Waals surface area contributed by atoms with Crippen LogP contribution >= 0.6 is 31.9 Å². The molecule has 9 rings (SSSR count). The number of aromatic nitrogens is 1. The van der Waals surface area contributed by atoms with Crippen LogP contribution in [0.3, 0.4) is 0 Å². The molecular formula is C57H55Br2N9O8. The van der Waals surface area contributed by atoms with Gasteiger partial charge in [0, 0.05) is 20.1 Å². The number of para-hydroxylation sites is 4. The number of nitrogens with zero attached hydrogens (tertiary/aromatic N) is 5. The third kappa shape index (κ3) is 10.5. The van der Waals surface area contributed by atoms with Gasteiger partial charge >= 0.3 is 0 Å². The lowest BCUT2D eigenvalue weighted by Crippen LogP contribution is -2.56. The molecule has 390 valence electrons. The minimum absolute atomic E-state index is 0.0102. The summed E-state index contributed by atoms with van der Waals surface area (Å²) in [6.45, 7) is 2.75. The number of ether oxygens (including phenoxy) is 2. The second-order valence-electron chi connectivity index (χ2n) is 18.4. The average Bonchev–Trinajstić information content (AvgIpc) is 3.64. The molecule has 0 saturated carbocycles. The van der Waals surface area contributed by atoms with Gasteiger partial charge in [-0.15, -0.1) is 0 Å². The first-order valence-corrected chi connectivity index (χ1v) is 26.1. The maximum absolute atomic E-state index is 15.3. The van der Waals surface area contributed by atoms with E-state index in [1.54, 1.807) is 100 Å². The summed E-state index contributed by atoms with van der Waals surface area (Å²) >= 11 is 7.13. The Hall–Kier alpha value is -7.71. The second kappa shape index (κ2) is 22.6. The van der Waals surface area contributed by atoms with Gasteiger partial charge in [-0.05, 0) is 122 Å². The Labute approximate surface area is 456 Å². The fourth-order valence-corrected chi connectivity index (χ4v) is 10.4. The van der Waals surface area contributed by atoms with E-state index >= 15 is 19.2 Å². The molecule has 6 amide bonds. The number of pyridine rings is 1. The molecule has 2 aliphatic rings. The predicted octanol–water partition coefficient (Wildman–Crippen LogP) is 7.50. The molecule has 2 aliphatic heterocycles. The smallest absolute Gasteiger partial charge is 0.277 e. The summed E-state index contributed by atoms with van der Waals surface area (Å²) in [7, 11) is 6.37. The highest BCUT2D eigenvalue weighted by atomic mass is 79.9. The highest BCUT2D eigenvalue weighted by Gasteiger charge is 2.41. The van der Waals surface area contributed by atoms with Gasteiger partial charge in [0.25, 0.3) is 23.6 Å². The van der Waals surface area contributed by atoms with Crippen LogP contribution in [-0.2, 0) is 32.3 Å². The summed E-state index contributed by atoms with van der Waals surface area (Å²) < 4.78 is 13.5. The molecule has 0 bridgehead atoms. The van der Waals surface area contributed by atoms with E-state index in [4.69, 9.17) is 14.5 Å². The summed E-state index contributed by atoms with van der Waals surface area (Å²) in [6, 6.07) is 33.7. The number of hydrogen-bond acceptors (Lipinski definition) is 11. The van der Waals surface area contributed by atoms with E-state index in [0.717, 1.165) is 30.5 Å². The van der Waals surface area contributed by atoms with Crippen LogP contribution in [0.2, 0.25) is 0 Å². The van der Waals surface area contributed by atoms with Crippen molar-refractivity contribution in [3.8, 4) is 11.5 Å². The fraction of sp³-hybridized carbons (Fsp3) is 0.246. The van der Waals surface area contributed by atoms with Crippen molar-refractivity contribution in [2.24, 2.45) is 0 Å². The monoisotopic (exact) mass is 1150 g/mol. The minimum Gasteiger partial charge on any atom is -0.496 e. The summed E-state index contributed by atoms with van der Waals surface area (Å²) in [4.78, 5) is 98.5. The Balaban J connectivity index is 1.11. The van der Waals surface area contributed by atoms with Gasteiger partial charge in [-0.25, -0.2) is 4.98 Å². The van der Waals surface area contributed by atoms with Crippen LogP contribution in [-0.4, -0.2) is 106 Å². The van der Waals surface area contributed by atoms with Crippen molar-refractivity contribution in [3.05, 3.63) is 159 Å². The van der Waals surface area contributed by atoms with Gasteiger partial charge in [0.1, 0.15) is 35.0 Å². The normalized spacial score (nSPS) is 16.3. The third-order valence-electron chi connectivity index (χ3n) is 13.9. The molecule has 19 heteroatoms. The third-order valence-corrected chi connectivity index (χ3v) is 14.9. The summed E-state index contributed by atoms with van der Waals surface area (Å²) in [6.07, 6.45) is 0. The number of fused-ring (bicyclic) bond motifs is 4. The number of nitrogens with one attached hydrogen (secondary N) is 4. The lowest BCUT2D eigenvalue weighted by molar-refractivity contribution is -0.128. The largest absolute Gasteiger partial charge is 0.496 e. The summed E-state index contributed by atoms with van der Waals surface area (Å²) in [5, 5.41) is 15.1. The molecule has 6 aromatic carbocycles. The highest BCUT2D eigenvalue weighted by Crippen LogP contribution is 2.40. The zero-order valence-corrected chi connectivity index (χ0v) is 45.7. The molecule has 0 spiro atoms. The fourth-order valence-electron chi connectivity index (χ4n) is 9.62. The number of rotatable bonds is 14. The van der Waals surface area contributed by atoms with Crippen LogP contribution in [0.5, 0.6) is 11.5 Å². The van der Waals surface area contributed by atoms with E-state index in [0.29, 0.717) is 45.4 Å². The average molecular weight is 1150 g/mol. The Bertz CT molecular complexity index is 3230. The van der Waals surface area contributed by atoms with Crippen molar-refractivity contribution >= 4 is 112 Å². The lowest BCUT2D eigenvalue weighted by Gasteiger charge is -2.27. The van der Waals surface area contributed by atoms with Crippen molar-refractivity contribution in [2.45, 2.75) is 51.1 Å². The molecule has 7 aromatic rings. The summed E-state index contributed by atoms with van der Waals surface area (Å²) in [5.41, 5.74) is 2.60. The predicted molar refractivity (Wildman–Crippen MR) is 300 cm³/mol. The van der Waals surface area contributed by atoms with Gasteiger partial charge in [-0.3, -0.25) is 28.8 Å². The first-order valence-electron chi connectivity index (χ1n) is 24.5. The van der Waals surface area contributed by atoms with E-state index in [9.17, 15) is 9.59 Å². The van der Waals surface area contributed by atoms with Crippen LogP contribution in [0.25, 0.3) is 21.5 Å². The first kappa shape index (κ1) is 53.1. The van der Waals surface area contributed by atoms with E-state index in [2.05, 4.69) is 53.1 Å². The molecule has 0 radical (unpaired) electrons. The molecule has 1 aromatic heterocycles. The van der Waals surface area contributed by atoms with Crippen LogP contribution in [0.4, 0.5) is 22.7 Å². The van der Waals surface area contributed by atoms with Crippen LogP contribution < -0.4 is 50.3 Å². The van der Waals surface area contributed by atoms with Crippen LogP contribution in [0.15, 0.2) is 136 Å². The van der Waals surface area contributed by atoms with Gasteiger partial charge in [0.2, 0.25) is 11.8 Å². The highest BCUT2D eigenvalue weighted by molar-refractivity contribution is 9.10. The molecule has 17 nitrogen and oxygen atoms in total. The first-order chi connectivity index (χ1) is 36.6. The molecule has 0 fully saturated rings. The van der Waals surface area contributed by atoms with E-state index < -0.39 is 59.6 Å². The molecule has 4 atom stereocenters. The molecule has 3 heterocycles. The number of benzene rings is 6. The van der Waals surface area contributed by atoms with Crippen molar-refractivity contribution in [2.75, 3.05) is 61.0 Å². The molecule has 4 N–H and O–H groups in total. The van der Waals surface area contributed by atoms with Crippen molar-refractivity contribution in [1.29, 1.82) is 0 Å². The maximum Gasteiger partial charge on any atom is 0.277 e. The maximum atomic E-state index is 15.3. The van der Waals surface area contributed by atoms with Crippen molar-refractivity contribution in [1.82, 2.24) is 26.3 Å². The Morgan fingerprint density at radius 1 is 0.566 bits per heavy atom. The topological polar surface area (TPSA) is 195 Å². The van der Waals surface area contributed by atoms with Gasteiger partial charge in [0.05, 0.1) is 75.2 Å². The summed E-state index contributed by atoms with van der Waals surface area (Å²) in [5.74, 6) is -2.14. The van der Waals surface area contributed by atoms with E-state index in [1.807, 2.05) is 60.7 Å². The lowest BCUT2D eigenvalue weighted by atomic mass is 10.0. The number of amides is 6. The number of carbonyl (C=O) groups excluding carboxylic acids is 6. The Kier molecular flexibility index (Phi) is 15.8. The van der Waals surface area contributed by atoms with E-state index in [1.165, 1.54) is 28.0 Å². The minimum atomic E-state index is -1.25. The standard InChI is InChI=1S/C57H55Br2N9O8/c1-32(60-3)52(69)63-44-30-67(48-16-9-7-14-46(48)65(56(44)73)28-40-38-22-20-36(58)26-34(38)18-24-50(40)75-5)54(71)42-12-11-13-43(62-42)55(72)68-31-45(64-53(70)33(2)61-4)57(74)66(47-15-8-10-17-49(47)68)29-41-39-23-21-37(59)27-35(39)19-25-51(41)76-6/h7-27,32-33,44-45,60-61H,28-31H2,1-6H3,(H,63,69)(H,64,70)/t32-,33-,44-,45-/m0/s1. The number of likely N-dealkylation sites (N-methyl/N-ethyl adjacent to an activating group) is 2. The SMILES string of the molecule is CN[C@@H](C)C(=O)N[C@H]1CN(C(=O)c2cccc(C(=O)N3C[C@H](NC(=O)[C@H](C)NC)C(=O)N(Cc4c(OC)ccc5cc(Br)ccc45)c4ccccc43)n2)c2ccccc2N(Cc2c(OC)ccc3cc(Br)ccc23)C1=O. The zero-order valence-electron chi connectivity index (χ0n) is 42.5. The van der Waals surface area contributed by atoms with Crippen molar-refractivity contribution < 1.29 is 38.2 Å². The second-order valence-corrected chi connectivity index (χ2v) is 20.3. The molecule has 0 aliphatic carbocycles. The van der Waals surface area contributed by atoms with E-state index in [-0.39, 0.29) is 37.6 Å². The van der Waals surface area contributed by atoms with Gasteiger partial charge < -0.3 is 50.3 Å². The number of halogens is 2.